The van der Waals surface area contributed by atoms with Crippen LogP contribution in [0.15, 0.2) is 77.0 Å². The lowest BCUT2D eigenvalue weighted by atomic mass is 9.87. The Labute approximate surface area is 244 Å². The van der Waals surface area contributed by atoms with Crippen LogP contribution in [0.25, 0.3) is 17.1 Å². The summed E-state index contributed by atoms with van der Waals surface area (Å²) < 4.78 is 17.9. The lowest BCUT2D eigenvalue weighted by molar-refractivity contribution is -0.118. The first-order valence-electron chi connectivity index (χ1n) is 13.0. The van der Waals surface area contributed by atoms with Crippen molar-refractivity contribution in [1.29, 1.82) is 0 Å². The van der Waals surface area contributed by atoms with Crippen molar-refractivity contribution >= 4 is 23.4 Å². The van der Waals surface area contributed by atoms with Crippen molar-refractivity contribution in [1.82, 2.24) is 20.2 Å². The Hall–Kier alpha value is -4.31. The third kappa shape index (κ3) is 7.07. The predicted molar refractivity (Wildman–Crippen MR) is 163 cm³/mol. The minimum absolute atomic E-state index is 0.0385. The molecule has 214 valence electrons. The minimum atomic E-state index is -0.268. The number of nitrogens with zero attached hydrogens (tertiary/aromatic N) is 4. The molecule has 0 unspecified atom stereocenters. The molecule has 0 bridgehead atoms. The molecule has 0 aliphatic carbocycles. The Kier molecular flexibility index (Phi) is 9.34. The SMILES string of the molecule is COc1ccc(-n2c(SCC(=O)NN=C(C)c3ccc(OC)c(OC)c3)nnc2-c2ccc(C(C)(C)C)cc2)cc1. The molecule has 0 atom stereocenters. The number of aromatic nitrogens is 3. The molecule has 0 fully saturated rings. The molecule has 1 amide bonds. The Morgan fingerprint density at radius 3 is 2.20 bits per heavy atom. The van der Waals surface area contributed by atoms with E-state index in [1.165, 1.54) is 17.3 Å². The summed E-state index contributed by atoms with van der Waals surface area (Å²) in [5.74, 6) is 2.46. The number of hydrazone groups is 1. The van der Waals surface area contributed by atoms with E-state index in [2.05, 4.69) is 65.8 Å². The highest BCUT2D eigenvalue weighted by atomic mass is 32.2. The van der Waals surface area contributed by atoms with Gasteiger partial charge >= 0.3 is 0 Å². The highest BCUT2D eigenvalue weighted by molar-refractivity contribution is 7.99. The fraction of sp³-hybridized carbons (Fsp3) is 0.290. The maximum atomic E-state index is 12.8. The van der Waals surface area contributed by atoms with Gasteiger partial charge in [0.2, 0.25) is 0 Å². The van der Waals surface area contributed by atoms with Crippen molar-refractivity contribution in [3.05, 3.63) is 77.9 Å². The van der Waals surface area contributed by atoms with Crippen molar-refractivity contribution in [2.75, 3.05) is 27.1 Å². The Morgan fingerprint density at radius 2 is 1.59 bits per heavy atom. The van der Waals surface area contributed by atoms with Crippen LogP contribution in [0.5, 0.6) is 17.2 Å². The van der Waals surface area contributed by atoms with Gasteiger partial charge in [-0.2, -0.15) is 5.10 Å². The van der Waals surface area contributed by atoms with Gasteiger partial charge in [-0.25, -0.2) is 5.43 Å². The molecule has 0 saturated heterocycles. The molecular weight excluding hydrogens is 538 g/mol. The van der Waals surface area contributed by atoms with E-state index in [0.29, 0.717) is 28.2 Å². The van der Waals surface area contributed by atoms with Crippen LogP contribution >= 0.6 is 11.8 Å². The average molecular weight is 574 g/mol. The Balaban J connectivity index is 1.54. The lowest BCUT2D eigenvalue weighted by Gasteiger charge is -2.19. The first-order chi connectivity index (χ1) is 19.6. The molecule has 0 saturated carbocycles. The Morgan fingerprint density at radius 1 is 0.902 bits per heavy atom. The van der Waals surface area contributed by atoms with Crippen molar-refractivity contribution in [2.24, 2.45) is 5.10 Å². The molecule has 10 heteroatoms. The molecule has 41 heavy (non-hydrogen) atoms. The zero-order valence-corrected chi connectivity index (χ0v) is 25.2. The van der Waals surface area contributed by atoms with Crippen molar-refractivity contribution in [2.45, 2.75) is 38.3 Å². The van der Waals surface area contributed by atoms with E-state index in [4.69, 9.17) is 14.2 Å². The van der Waals surface area contributed by atoms with E-state index in [1.54, 1.807) is 27.4 Å². The van der Waals surface area contributed by atoms with Gasteiger partial charge in [-0.3, -0.25) is 9.36 Å². The summed E-state index contributed by atoms with van der Waals surface area (Å²) in [7, 11) is 4.78. The van der Waals surface area contributed by atoms with Gasteiger partial charge in [0.1, 0.15) is 5.75 Å². The molecule has 1 heterocycles. The number of rotatable bonds is 10. The molecule has 0 aliphatic rings. The molecule has 9 nitrogen and oxygen atoms in total. The summed E-state index contributed by atoms with van der Waals surface area (Å²) in [4.78, 5) is 12.8. The number of carbonyl (C=O) groups is 1. The maximum absolute atomic E-state index is 12.8. The molecule has 4 aromatic rings. The second-order valence-corrected chi connectivity index (χ2v) is 11.2. The van der Waals surface area contributed by atoms with E-state index >= 15 is 0 Å². The van der Waals surface area contributed by atoms with Crippen LogP contribution in [-0.2, 0) is 10.2 Å². The topological polar surface area (TPSA) is 99.9 Å². The second kappa shape index (κ2) is 12.9. The van der Waals surface area contributed by atoms with Gasteiger partial charge in [-0.1, -0.05) is 56.8 Å². The summed E-state index contributed by atoms with van der Waals surface area (Å²) in [6, 6.07) is 21.4. The summed E-state index contributed by atoms with van der Waals surface area (Å²) in [5, 5.41) is 13.8. The monoisotopic (exact) mass is 573 g/mol. The fourth-order valence-corrected chi connectivity index (χ4v) is 4.81. The number of nitrogens with one attached hydrogen (secondary N) is 1. The number of hydrogen-bond acceptors (Lipinski definition) is 8. The van der Waals surface area contributed by atoms with Gasteiger partial charge in [-0.05, 0) is 60.4 Å². The van der Waals surface area contributed by atoms with E-state index in [-0.39, 0.29) is 17.1 Å². The fourth-order valence-electron chi connectivity index (χ4n) is 4.07. The van der Waals surface area contributed by atoms with Crippen LogP contribution in [0.3, 0.4) is 0 Å². The van der Waals surface area contributed by atoms with Crippen LogP contribution in [-0.4, -0.2) is 53.5 Å². The predicted octanol–water partition coefficient (Wildman–Crippen LogP) is 5.89. The minimum Gasteiger partial charge on any atom is -0.497 e. The summed E-state index contributed by atoms with van der Waals surface area (Å²) in [5.41, 5.74) is 7.11. The normalized spacial score (nSPS) is 11.7. The van der Waals surface area contributed by atoms with Crippen LogP contribution in [0.4, 0.5) is 0 Å². The van der Waals surface area contributed by atoms with Gasteiger partial charge < -0.3 is 14.2 Å². The largest absolute Gasteiger partial charge is 0.497 e. The quantitative estimate of drug-likeness (QED) is 0.143. The van der Waals surface area contributed by atoms with Crippen molar-refractivity contribution in [3.63, 3.8) is 0 Å². The van der Waals surface area contributed by atoms with Gasteiger partial charge in [0.05, 0.1) is 32.8 Å². The van der Waals surface area contributed by atoms with Gasteiger partial charge in [0.25, 0.3) is 5.91 Å². The van der Waals surface area contributed by atoms with Gasteiger partial charge in [-0.15, -0.1) is 10.2 Å². The van der Waals surface area contributed by atoms with Crippen LogP contribution in [0.2, 0.25) is 0 Å². The second-order valence-electron chi connectivity index (χ2n) is 10.3. The van der Waals surface area contributed by atoms with E-state index < -0.39 is 0 Å². The lowest BCUT2D eigenvalue weighted by Crippen LogP contribution is -2.21. The van der Waals surface area contributed by atoms with Crippen LogP contribution in [0, 0.1) is 0 Å². The van der Waals surface area contributed by atoms with Crippen LogP contribution in [0.1, 0.15) is 38.8 Å². The molecule has 0 aliphatic heterocycles. The number of carbonyl (C=O) groups excluding carboxylic acids is 1. The highest BCUT2D eigenvalue weighted by Crippen LogP contribution is 2.31. The molecule has 0 radical (unpaired) electrons. The third-order valence-corrected chi connectivity index (χ3v) is 7.38. The molecule has 1 aromatic heterocycles. The van der Waals surface area contributed by atoms with Gasteiger partial charge in [0.15, 0.2) is 22.5 Å². The maximum Gasteiger partial charge on any atom is 0.250 e. The molecule has 0 spiro atoms. The number of amides is 1. The first kappa shape index (κ1) is 29.7. The van der Waals surface area contributed by atoms with E-state index in [1.807, 2.05) is 47.9 Å². The average Bonchev–Trinajstić information content (AvgIpc) is 3.42. The standard InChI is InChI=1S/C31H35N5O4S/c1-20(22-10-17-26(39-6)27(18-22)40-7)32-33-28(37)19-41-30-35-34-29(21-8-11-23(12-9-21)31(2,3)4)36(30)24-13-15-25(38-5)16-14-24/h8-18H,19H2,1-7H3,(H,33,37). The van der Waals surface area contributed by atoms with Crippen molar-refractivity contribution < 1.29 is 19.0 Å². The van der Waals surface area contributed by atoms with Crippen LogP contribution < -0.4 is 19.6 Å². The number of ether oxygens (including phenoxy) is 3. The summed E-state index contributed by atoms with van der Waals surface area (Å²) in [6.45, 7) is 8.36. The number of hydrogen-bond donors (Lipinski definition) is 1. The zero-order valence-electron chi connectivity index (χ0n) is 24.4. The molecule has 4 rings (SSSR count). The number of methoxy groups -OCH3 is 3. The number of thioether (sulfide) groups is 1. The van der Waals surface area contributed by atoms with Gasteiger partial charge in [0, 0.05) is 16.8 Å². The highest BCUT2D eigenvalue weighted by Gasteiger charge is 2.19. The molecular formula is C31H35N5O4S. The zero-order chi connectivity index (χ0) is 29.6. The summed E-state index contributed by atoms with van der Waals surface area (Å²) >= 11 is 1.28. The Bertz CT molecular complexity index is 1520. The first-order valence-corrected chi connectivity index (χ1v) is 14.0. The molecule has 1 N–H and O–H groups in total. The van der Waals surface area contributed by atoms with Crippen molar-refractivity contribution in [3.8, 4) is 34.3 Å². The van der Waals surface area contributed by atoms with E-state index in [9.17, 15) is 4.79 Å². The third-order valence-electron chi connectivity index (χ3n) is 6.46. The molecule has 3 aromatic carbocycles. The smallest absolute Gasteiger partial charge is 0.250 e. The summed E-state index contributed by atoms with van der Waals surface area (Å²) in [6.07, 6.45) is 0. The number of benzene rings is 3. The van der Waals surface area contributed by atoms with E-state index in [0.717, 1.165) is 22.6 Å².